The first-order valence-corrected chi connectivity index (χ1v) is 5.24. The minimum atomic E-state index is -0.131. The highest BCUT2D eigenvalue weighted by Gasteiger charge is 1.99. The van der Waals surface area contributed by atoms with E-state index < -0.39 is 0 Å². The molecule has 2 aromatic heterocycles. The highest BCUT2D eigenvalue weighted by molar-refractivity contribution is 5.87. The number of hydrogen-bond donors (Lipinski definition) is 2. The molecule has 0 spiro atoms. The number of rotatable bonds is 4. The van der Waals surface area contributed by atoms with Crippen LogP contribution in [0.25, 0.3) is 0 Å². The minimum absolute atomic E-state index is 0.131. The van der Waals surface area contributed by atoms with Crippen LogP contribution in [-0.2, 0) is 11.3 Å². The number of carbonyl (C=O) groups excluding carboxylic acids is 1. The van der Waals surface area contributed by atoms with Gasteiger partial charge in [0.15, 0.2) is 0 Å². The van der Waals surface area contributed by atoms with E-state index in [9.17, 15) is 4.79 Å². The van der Waals surface area contributed by atoms with Gasteiger partial charge in [0.25, 0.3) is 0 Å². The number of aromatic nitrogens is 1. The normalized spacial score (nSPS) is 9.94. The van der Waals surface area contributed by atoms with E-state index in [4.69, 9.17) is 4.42 Å². The fourth-order valence-corrected chi connectivity index (χ4v) is 1.36. The van der Waals surface area contributed by atoms with Gasteiger partial charge in [0, 0.05) is 6.92 Å². The predicted molar refractivity (Wildman–Crippen MR) is 64.6 cm³/mol. The smallest absolute Gasteiger partial charge is 0.222 e. The van der Waals surface area contributed by atoms with Gasteiger partial charge in [-0.3, -0.25) is 4.79 Å². The SMILES string of the molecule is CC(=O)Nc1ccc(NCc2ccco2)cn1. The van der Waals surface area contributed by atoms with E-state index in [0.717, 1.165) is 11.4 Å². The van der Waals surface area contributed by atoms with E-state index in [1.54, 1.807) is 18.5 Å². The van der Waals surface area contributed by atoms with E-state index >= 15 is 0 Å². The Hall–Kier alpha value is -2.30. The standard InChI is InChI=1S/C12H13N3O2/c1-9(16)15-12-5-4-10(7-14-12)13-8-11-3-2-6-17-11/h2-7,13H,8H2,1H3,(H,14,15,16). The number of hydrogen-bond acceptors (Lipinski definition) is 4. The summed E-state index contributed by atoms with van der Waals surface area (Å²) in [6, 6.07) is 7.33. The fourth-order valence-electron chi connectivity index (χ4n) is 1.36. The summed E-state index contributed by atoms with van der Waals surface area (Å²) >= 11 is 0. The van der Waals surface area contributed by atoms with Crippen molar-refractivity contribution in [1.29, 1.82) is 0 Å². The third-order valence-electron chi connectivity index (χ3n) is 2.11. The largest absolute Gasteiger partial charge is 0.467 e. The Morgan fingerprint density at radius 2 is 2.29 bits per heavy atom. The number of nitrogens with zero attached hydrogens (tertiary/aromatic N) is 1. The molecule has 0 fully saturated rings. The molecule has 17 heavy (non-hydrogen) atoms. The Labute approximate surface area is 98.9 Å². The highest BCUT2D eigenvalue weighted by Crippen LogP contribution is 2.11. The quantitative estimate of drug-likeness (QED) is 0.846. The minimum Gasteiger partial charge on any atom is -0.467 e. The average Bonchev–Trinajstić information content (AvgIpc) is 2.80. The van der Waals surface area contributed by atoms with Gasteiger partial charge in [-0.15, -0.1) is 0 Å². The maximum atomic E-state index is 10.8. The lowest BCUT2D eigenvalue weighted by atomic mass is 10.3. The first-order valence-electron chi connectivity index (χ1n) is 5.24. The summed E-state index contributed by atoms with van der Waals surface area (Å²) < 4.78 is 5.19. The fraction of sp³-hybridized carbons (Fsp3) is 0.167. The zero-order valence-electron chi connectivity index (χ0n) is 9.43. The predicted octanol–water partition coefficient (Wildman–Crippen LogP) is 2.25. The monoisotopic (exact) mass is 231 g/mol. The number of pyridine rings is 1. The Bertz CT molecular complexity index is 477. The van der Waals surface area contributed by atoms with Crippen molar-refractivity contribution in [3.63, 3.8) is 0 Å². The summed E-state index contributed by atoms with van der Waals surface area (Å²) in [5.41, 5.74) is 0.871. The lowest BCUT2D eigenvalue weighted by Crippen LogP contribution is -2.07. The van der Waals surface area contributed by atoms with Crippen LogP contribution in [0.3, 0.4) is 0 Å². The average molecular weight is 231 g/mol. The van der Waals surface area contributed by atoms with Gasteiger partial charge in [0.1, 0.15) is 11.6 Å². The van der Waals surface area contributed by atoms with Crippen molar-refractivity contribution in [2.45, 2.75) is 13.5 Å². The van der Waals surface area contributed by atoms with E-state index in [1.165, 1.54) is 6.92 Å². The van der Waals surface area contributed by atoms with Gasteiger partial charge in [0.2, 0.25) is 5.91 Å². The van der Waals surface area contributed by atoms with Crippen molar-refractivity contribution in [2.75, 3.05) is 10.6 Å². The lowest BCUT2D eigenvalue weighted by Gasteiger charge is -2.05. The second-order valence-corrected chi connectivity index (χ2v) is 3.55. The molecule has 5 heteroatoms. The van der Waals surface area contributed by atoms with Crippen molar-refractivity contribution in [3.8, 4) is 0 Å². The van der Waals surface area contributed by atoms with Crippen LogP contribution < -0.4 is 10.6 Å². The van der Waals surface area contributed by atoms with Gasteiger partial charge in [-0.05, 0) is 24.3 Å². The van der Waals surface area contributed by atoms with Crippen LogP contribution in [0.4, 0.5) is 11.5 Å². The Morgan fingerprint density at radius 1 is 1.41 bits per heavy atom. The van der Waals surface area contributed by atoms with Gasteiger partial charge in [-0.2, -0.15) is 0 Å². The van der Waals surface area contributed by atoms with Crippen LogP contribution in [0.15, 0.2) is 41.1 Å². The molecule has 0 saturated heterocycles. The molecule has 0 aromatic carbocycles. The van der Waals surface area contributed by atoms with Crippen molar-refractivity contribution in [2.24, 2.45) is 0 Å². The molecule has 5 nitrogen and oxygen atoms in total. The van der Waals surface area contributed by atoms with E-state index in [2.05, 4.69) is 15.6 Å². The van der Waals surface area contributed by atoms with Crippen LogP contribution >= 0.6 is 0 Å². The number of nitrogens with one attached hydrogen (secondary N) is 2. The van der Waals surface area contributed by atoms with Crippen molar-refractivity contribution in [3.05, 3.63) is 42.5 Å². The summed E-state index contributed by atoms with van der Waals surface area (Å²) in [5, 5.41) is 5.76. The Kier molecular flexibility index (Phi) is 3.40. The topological polar surface area (TPSA) is 67.2 Å². The molecule has 1 amide bonds. The lowest BCUT2D eigenvalue weighted by molar-refractivity contribution is -0.114. The summed E-state index contributed by atoms with van der Waals surface area (Å²) in [6.07, 6.45) is 3.29. The zero-order chi connectivity index (χ0) is 12.1. The molecule has 0 aliphatic carbocycles. The van der Waals surface area contributed by atoms with Crippen LogP contribution in [0.5, 0.6) is 0 Å². The van der Waals surface area contributed by atoms with E-state index in [1.807, 2.05) is 18.2 Å². The molecule has 0 aliphatic heterocycles. The van der Waals surface area contributed by atoms with Crippen molar-refractivity contribution >= 4 is 17.4 Å². The summed E-state index contributed by atoms with van der Waals surface area (Å²) in [6.45, 7) is 2.05. The molecule has 2 heterocycles. The molecule has 0 unspecified atom stereocenters. The Morgan fingerprint density at radius 3 is 2.88 bits per heavy atom. The van der Waals surface area contributed by atoms with Gasteiger partial charge in [0.05, 0.1) is 24.7 Å². The second kappa shape index (κ2) is 5.16. The summed E-state index contributed by atoms with van der Waals surface area (Å²) in [7, 11) is 0. The maximum Gasteiger partial charge on any atom is 0.222 e. The molecule has 0 atom stereocenters. The summed E-state index contributed by atoms with van der Waals surface area (Å²) in [5.74, 6) is 1.27. The second-order valence-electron chi connectivity index (χ2n) is 3.55. The van der Waals surface area contributed by atoms with Crippen LogP contribution in [-0.4, -0.2) is 10.9 Å². The number of carbonyl (C=O) groups is 1. The van der Waals surface area contributed by atoms with Gasteiger partial charge < -0.3 is 15.1 Å². The first-order chi connectivity index (χ1) is 8.24. The molecule has 88 valence electrons. The van der Waals surface area contributed by atoms with Crippen molar-refractivity contribution < 1.29 is 9.21 Å². The first kappa shape index (κ1) is 11.2. The molecular weight excluding hydrogens is 218 g/mol. The van der Waals surface area contributed by atoms with Gasteiger partial charge in [-0.1, -0.05) is 0 Å². The number of amides is 1. The molecule has 0 saturated carbocycles. The molecule has 0 bridgehead atoms. The van der Waals surface area contributed by atoms with Crippen LogP contribution in [0.2, 0.25) is 0 Å². The highest BCUT2D eigenvalue weighted by atomic mass is 16.3. The molecule has 0 radical (unpaired) electrons. The van der Waals surface area contributed by atoms with E-state index in [0.29, 0.717) is 12.4 Å². The zero-order valence-corrected chi connectivity index (χ0v) is 9.43. The van der Waals surface area contributed by atoms with Gasteiger partial charge >= 0.3 is 0 Å². The van der Waals surface area contributed by atoms with Crippen LogP contribution in [0.1, 0.15) is 12.7 Å². The Balaban J connectivity index is 1.91. The molecule has 2 rings (SSSR count). The molecule has 2 N–H and O–H groups in total. The molecule has 2 aromatic rings. The van der Waals surface area contributed by atoms with Gasteiger partial charge in [-0.25, -0.2) is 4.98 Å². The third kappa shape index (κ3) is 3.34. The molecule has 0 aliphatic rings. The number of anilines is 2. The third-order valence-corrected chi connectivity index (χ3v) is 2.11. The van der Waals surface area contributed by atoms with Crippen LogP contribution in [0, 0.1) is 0 Å². The summed E-state index contributed by atoms with van der Waals surface area (Å²) in [4.78, 5) is 14.9. The van der Waals surface area contributed by atoms with E-state index in [-0.39, 0.29) is 5.91 Å². The number of furan rings is 1. The maximum absolute atomic E-state index is 10.8. The van der Waals surface area contributed by atoms with Crippen molar-refractivity contribution in [1.82, 2.24) is 4.98 Å². The molecular formula is C12H13N3O2.